The quantitative estimate of drug-likeness (QED) is 0.807. The van der Waals surface area contributed by atoms with Crippen molar-refractivity contribution in [3.63, 3.8) is 0 Å². The largest absolute Gasteiger partial charge is 0.388 e. The molecule has 1 amide bonds. The Labute approximate surface area is 120 Å². The molecular weight excluding hydrogens is 258 g/mol. The van der Waals surface area contributed by atoms with E-state index in [4.69, 9.17) is 0 Å². The zero-order chi connectivity index (χ0) is 14.5. The van der Waals surface area contributed by atoms with Gasteiger partial charge >= 0.3 is 0 Å². The van der Waals surface area contributed by atoms with E-state index >= 15 is 0 Å². The summed E-state index contributed by atoms with van der Waals surface area (Å²) in [6, 6.07) is 1.99. The summed E-state index contributed by atoms with van der Waals surface area (Å²) < 4.78 is 0. The van der Waals surface area contributed by atoms with Crippen LogP contribution < -0.4 is 5.32 Å². The molecule has 1 atom stereocenters. The summed E-state index contributed by atoms with van der Waals surface area (Å²) in [4.78, 5) is 14.2. The number of nitrogens with one attached hydrogen (secondary N) is 1. The average Bonchev–Trinajstić information content (AvgIpc) is 2.80. The number of hydrogen-bond acceptors (Lipinski definition) is 3. The van der Waals surface area contributed by atoms with E-state index in [0.29, 0.717) is 13.0 Å². The van der Waals surface area contributed by atoms with Gasteiger partial charge in [0.05, 0.1) is 10.5 Å². The van der Waals surface area contributed by atoms with Gasteiger partial charge in [-0.3, -0.25) is 4.79 Å². The number of hydrogen-bond donors (Lipinski definition) is 2. The molecule has 0 aliphatic heterocycles. The van der Waals surface area contributed by atoms with Crippen LogP contribution in [0.25, 0.3) is 0 Å². The Hall–Kier alpha value is -0.870. The standard InChI is InChI=1S/C15H25NO2S/c1-5-8-12-11(6-2)9-13(19-12)14(17)16-10-15(4,18)7-3/h9,18H,5-8,10H2,1-4H3,(H,16,17). The van der Waals surface area contributed by atoms with Crippen LogP contribution in [0.15, 0.2) is 6.07 Å². The van der Waals surface area contributed by atoms with E-state index < -0.39 is 5.60 Å². The molecule has 0 fully saturated rings. The highest BCUT2D eigenvalue weighted by Gasteiger charge is 2.20. The van der Waals surface area contributed by atoms with Gasteiger partial charge in [-0.05, 0) is 37.8 Å². The fraction of sp³-hybridized carbons (Fsp3) is 0.667. The van der Waals surface area contributed by atoms with Crippen molar-refractivity contribution in [3.8, 4) is 0 Å². The fourth-order valence-electron chi connectivity index (χ4n) is 1.80. The van der Waals surface area contributed by atoms with Gasteiger partial charge in [-0.15, -0.1) is 11.3 Å². The van der Waals surface area contributed by atoms with Crippen molar-refractivity contribution in [2.75, 3.05) is 6.54 Å². The number of thiophene rings is 1. The van der Waals surface area contributed by atoms with Crippen molar-refractivity contribution in [2.24, 2.45) is 0 Å². The molecule has 0 saturated carbocycles. The molecule has 0 aromatic carbocycles. The maximum Gasteiger partial charge on any atom is 0.261 e. The summed E-state index contributed by atoms with van der Waals surface area (Å²) in [5, 5.41) is 12.7. The van der Waals surface area contributed by atoms with Gasteiger partial charge in [-0.1, -0.05) is 27.2 Å². The molecule has 4 heteroatoms. The van der Waals surface area contributed by atoms with Crippen LogP contribution in [0, 0.1) is 0 Å². The predicted molar refractivity (Wildman–Crippen MR) is 80.9 cm³/mol. The van der Waals surface area contributed by atoms with Crippen LogP contribution in [-0.4, -0.2) is 23.2 Å². The van der Waals surface area contributed by atoms with Gasteiger partial charge in [-0.2, -0.15) is 0 Å². The third kappa shape index (κ3) is 4.62. The minimum absolute atomic E-state index is 0.0734. The molecule has 3 nitrogen and oxygen atoms in total. The second kappa shape index (κ2) is 7.06. The Balaban J connectivity index is 2.72. The lowest BCUT2D eigenvalue weighted by atomic mass is 10.0. The molecule has 2 N–H and O–H groups in total. The van der Waals surface area contributed by atoms with Crippen LogP contribution in [-0.2, 0) is 12.8 Å². The summed E-state index contributed by atoms with van der Waals surface area (Å²) in [5.41, 5.74) is 0.450. The van der Waals surface area contributed by atoms with E-state index in [1.165, 1.54) is 10.4 Å². The summed E-state index contributed by atoms with van der Waals surface area (Å²) >= 11 is 1.58. The first kappa shape index (κ1) is 16.2. The molecule has 0 aliphatic rings. The molecule has 0 spiro atoms. The van der Waals surface area contributed by atoms with Gasteiger partial charge in [0.1, 0.15) is 0 Å². The topological polar surface area (TPSA) is 49.3 Å². The van der Waals surface area contributed by atoms with Crippen LogP contribution in [0.1, 0.15) is 60.6 Å². The lowest BCUT2D eigenvalue weighted by molar-refractivity contribution is 0.0519. The van der Waals surface area contributed by atoms with Gasteiger partial charge in [0, 0.05) is 11.4 Å². The SMILES string of the molecule is CCCc1sc(C(=O)NCC(C)(O)CC)cc1CC. The summed E-state index contributed by atoms with van der Waals surface area (Å²) in [7, 11) is 0. The highest BCUT2D eigenvalue weighted by Crippen LogP contribution is 2.24. The molecule has 0 saturated heterocycles. The van der Waals surface area contributed by atoms with Crippen molar-refractivity contribution >= 4 is 17.2 Å². The first-order valence-corrected chi connectivity index (χ1v) is 7.87. The second-order valence-electron chi connectivity index (χ2n) is 5.20. The summed E-state index contributed by atoms with van der Waals surface area (Å²) in [6.45, 7) is 8.21. The second-order valence-corrected chi connectivity index (χ2v) is 6.33. The van der Waals surface area contributed by atoms with Crippen molar-refractivity contribution in [1.82, 2.24) is 5.32 Å². The molecule has 1 unspecified atom stereocenters. The number of aryl methyl sites for hydroxylation is 2. The van der Waals surface area contributed by atoms with E-state index in [1.54, 1.807) is 18.3 Å². The normalized spacial score (nSPS) is 14.2. The first-order chi connectivity index (χ1) is 8.93. The number of rotatable bonds is 7. The smallest absolute Gasteiger partial charge is 0.261 e. The Morgan fingerprint density at radius 1 is 1.42 bits per heavy atom. The van der Waals surface area contributed by atoms with E-state index in [0.717, 1.165) is 24.1 Å². The molecule has 0 aliphatic carbocycles. The van der Waals surface area contributed by atoms with Gasteiger partial charge in [-0.25, -0.2) is 0 Å². The fourth-order valence-corrected chi connectivity index (χ4v) is 3.07. The molecular formula is C15H25NO2S. The van der Waals surface area contributed by atoms with E-state index in [-0.39, 0.29) is 5.91 Å². The van der Waals surface area contributed by atoms with Gasteiger partial charge < -0.3 is 10.4 Å². The van der Waals surface area contributed by atoms with Crippen LogP contribution >= 0.6 is 11.3 Å². The highest BCUT2D eigenvalue weighted by atomic mass is 32.1. The van der Waals surface area contributed by atoms with Crippen LogP contribution in [0.5, 0.6) is 0 Å². The number of amides is 1. The molecule has 19 heavy (non-hydrogen) atoms. The zero-order valence-corrected chi connectivity index (χ0v) is 13.2. The van der Waals surface area contributed by atoms with Gasteiger partial charge in [0.2, 0.25) is 0 Å². The molecule has 0 radical (unpaired) electrons. The number of carbonyl (C=O) groups excluding carboxylic acids is 1. The van der Waals surface area contributed by atoms with Gasteiger partial charge in [0.15, 0.2) is 0 Å². The minimum atomic E-state index is -0.827. The maximum absolute atomic E-state index is 12.1. The number of carbonyl (C=O) groups is 1. The van der Waals surface area contributed by atoms with Crippen molar-refractivity contribution < 1.29 is 9.90 Å². The Kier molecular flexibility index (Phi) is 6.01. The first-order valence-electron chi connectivity index (χ1n) is 7.05. The van der Waals surface area contributed by atoms with Crippen molar-refractivity contribution in [2.45, 2.75) is 59.0 Å². The molecule has 1 aromatic rings. The van der Waals surface area contributed by atoms with E-state index in [2.05, 4.69) is 19.2 Å². The van der Waals surface area contributed by atoms with E-state index in [1.807, 2.05) is 13.0 Å². The van der Waals surface area contributed by atoms with Crippen molar-refractivity contribution in [3.05, 3.63) is 21.4 Å². The third-order valence-corrected chi connectivity index (χ3v) is 4.61. The monoisotopic (exact) mass is 283 g/mol. The predicted octanol–water partition coefficient (Wildman–Crippen LogP) is 3.15. The average molecular weight is 283 g/mol. The van der Waals surface area contributed by atoms with Gasteiger partial charge in [0.25, 0.3) is 5.91 Å². The maximum atomic E-state index is 12.1. The lowest BCUT2D eigenvalue weighted by Gasteiger charge is -2.21. The number of aliphatic hydroxyl groups is 1. The highest BCUT2D eigenvalue weighted by molar-refractivity contribution is 7.14. The van der Waals surface area contributed by atoms with Crippen LogP contribution in [0.2, 0.25) is 0 Å². The summed E-state index contributed by atoms with van der Waals surface area (Å²) in [5.74, 6) is -0.0734. The Bertz CT molecular complexity index is 424. The van der Waals surface area contributed by atoms with Crippen LogP contribution in [0.4, 0.5) is 0 Å². The Morgan fingerprint density at radius 2 is 2.11 bits per heavy atom. The van der Waals surface area contributed by atoms with Crippen LogP contribution in [0.3, 0.4) is 0 Å². The lowest BCUT2D eigenvalue weighted by Crippen LogP contribution is -2.39. The molecule has 1 rings (SSSR count). The molecule has 1 aromatic heterocycles. The molecule has 0 bridgehead atoms. The summed E-state index contributed by atoms with van der Waals surface area (Å²) in [6.07, 6.45) is 3.72. The van der Waals surface area contributed by atoms with Crippen molar-refractivity contribution in [1.29, 1.82) is 0 Å². The minimum Gasteiger partial charge on any atom is -0.388 e. The Morgan fingerprint density at radius 3 is 2.63 bits per heavy atom. The molecule has 108 valence electrons. The molecule has 1 heterocycles. The van der Waals surface area contributed by atoms with E-state index in [9.17, 15) is 9.90 Å². The third-order valence-electron chi connectivity index (χ3n) is 3.37. The zero-order valence-electron chi connectivity index (χ0n) is 12.4.